The normalized spacial score (nSPS) is 10.5. The van der Waals surface area contributed by atoms with Crippen molar-refractivity contribution in [2.45, 2.75) is 12.9 Å². The molecule has 194 valence electrons. The van der Waals surface area contributed by atoms with Gasteiger partial charge in [-0.1, -0.05) is 18.2 Å². The van der Waals surface area contributed by atoms with Crippen molar-refractivity contribution in [1.82, 2.24) is 0 Å². The van der Waals surface area contributed by atoms with Crippen LogP contribution in [-0.4, -0.2) is 0 Å². The number of ether oxygens (including phenoxy) is 2. The van der Waals surface area contributed by atoms with Crippen LogP contribution in [0.1, 0.15) is 11.1 Å². The lowest BCUT2D eigenvalue weighted by Gasteiger charge is -2.15. The van der Waals surface area contributed by atoms with E-state index in [9.17, 15) is 38.6 Å². The van der Waals surface area contributed by atoms with E-state index in [1.807, 2.05) is 0 Å². The molecule has 0 N–H and O–H groups in total. The number of nitrogens with zero attached hydrogens (tertiary/aromatic N) is 4. The maximum Gasteiger partial charge on any atom is 0.416 e. The average Bonchev–Trinajstić information content (AvgIpc) is 2.96. The standard InChI is InChI=1S/C30H14F4N4O2/c31-13-18-3-1-5-22(11-18)39-28-24(19(14-35)15-36)7-10-27-26(28)9-8-25(20(16-37)17-38)29(27)40-23-6-2-4-21(12-23)30(32,33)34/h1-12H,13H2. The molecule has 0 aliphatic rings. The number of halogens is 4. The molecule has 0 fully saturated rings. The highest BCUT2D eigenvalue weighted by Crippen LogP contribution is 2.36. The molecule has 10 heteroatoms. The molecule has 0 heterocycles. The number of benzene rings is 4. The Bertz CT molecular complexity index is 1910. The Kier molecular flexibility index (Phi) is 7.67. The zero-order chi connectivity index (χ0) is 28.9. The van der Waals surface area contributed by atoms with Gasteiger partial charge in [0.2, 0.25) is 0 Å². The molecular weight excluding hydrogens is 524 g/mol. The van der Waals surface area contributed by atoms with Crippen molar-refractivity contribution in [1.29, 1.82) is 21.0 Å². The number of fused-ring (bicyclic) bond motifs is 1. The second kappa shape index (κ2) is 11.3. The van der Waals surface area contributed by atoms with Crippen LogP contribution in [0.4, 0.5) is 17.6 Å². The zero-order valence-electron chi connectivity index (χ0n) is 20.3. The van der Waals surface area contributed by atoms with Crippen molar-refractivity contribution in [3.8, 4) is 47.3 Å². The fourth-order valence-electron chi connectivity index (χ4n) is 3.92. The summed E-state index contributed by atoms with van der Waals surface area (Å²) in [4.78, 5) is 0. The van der Waals surface area contributed by atoms with Crippen molar-refractivity contribution in [3.05, 3.63) is 94.4 Å². The van der Waals surface area contributed by atoms with Gasteiger partial charge in [0.05, 0.1) is 5.56 Å². The third kappa shape index (κ3) is 5.38. The maximum absolute atomic E-state index is 13.3. The minimum Gasteiger partial charge on any atom is -0.456 e. The van der Waals surface area contributed by atoms with Crippen LogP contribution in [0.5, 0.6) is 23.0 Å². The van der Waals surface area contributed by atoms with Crippen LogP contribution in [0.3, 0.4) is 0 Å². The van der Waals surface area contributed by atoms with Gasteiger partial charge in [-0.3, -0.25) is 0 Å². The number of hydrogen-bond acceptors (Lipinski definition) is 6. The molecule has 0 amide bonds. The topological polar surface area (TPSA) is 114 Å². The first kappa shape index (κ1) is 27.2. The molecule has 0 aliphatic heterocycles. The SMILES string of the molecule is N#CC(C#N)=c1ccc2c(Oc3cccc(C(F)(F)F)c3)c(=C(C#N)C#N)ccc2c1Oc1cccc(CF)c1. The molecule has 0 saturated heterocycles. The van der Waals surface area contributed by atoms with Gasteiger partial charge in [0, 0.05) is 21.2 Å². The van der Waals surface area contributed by atoms with Crippen LogP contribution in [0, 0.1) is 45.3 Å². The van der Waals surface area contributed by atoms with Crippen molar-refractivity contribution >= 4 is 21.9 Å². The predicted octanol–water partition coefficient (Wildman–Crippen LogP) is 6.31. The summed E-state index contributed by atoms with van der Waals surface area (Å²) >= 11 is 0. The zero-order valence-corrected chi connectivity index (χ0v) is 20.3. The van der Waals surface area contributed by atoms with E-state index in [1.165, 1.54) is 48.5 Å². The molecule has 0 spiro atoms. The smallest absolute Gasteiger partial charge is 0.416 e. The lowest BCUT2D eigenvalue weighted by atomic mass is 10.0. The maximum atomic E-state index is 13.3. The summed E-state index contributed by atoms with van der Waals surface area (Å²) in [5, 5.41) is 38.7. The summed E-state index contributed by atoms with van der Waals surface area (Å²) in [5.74, 6) is -0.158. The van der Waals surface area contributed by atoms with Gasteiger partial charge in [-0.05, 0) is 60.2 Å². The van der Waals surface area contributed by atoms with Crippen molar-refractivity contribution in [2.24, 2.45) is 0 Å². The molecule has 0 aromatic heterocycles. The fourth-order valence-corrected chi connectivity index (χ4v) is 3.92. The third-order valence-electron chi connectivity index (χ3n) is 5.74. The van der Waals surface area contributed by atoms with E-state index in [0.29, 0.717) is 5.56 Å². The number of hydrogen-bond donors (Lipinski definition) is 0. The number of alkyl halides is 4. The molecule has 6 nitrogen and oxygen atoms in total. The van der Waals surface area contributed by atoms with Gasteiger partial charge in [0.1, 0.15) is 65.1 Å². The highest BCUT2D eigenvalue weighted by molar-refractivity contribution is 5.96. The highest BCUT2D eigenvalue weighted by Gasteiger charge is 2.30. The van der Waals surface area contributed by atoms with Gasteiger partial charge < -0.3 is 9.47 Å². The molecular formula is C30H14F4N4O2. The summed E-state index contributed by atoms with van der Waals surface area (Å²) in [5.41, 5.74) is -1.34. The molecule has 0 radical (unpaired) electrons. The third-order valence-corrected chi connectivity index (χ3v) is 5.74. The van der Waals surface area contributed by atoms with E-state index < -0.39 is 18.4 Å². The van der Waals surface area contributed by atoms with E-state index in [0.717, 1.165) is 18.2 Å². The van der Waals surface area contributed by atoms with E-state index in [4.69, 9.17) is 9.47 Å². The van der Waals surface area contributed by atoms with Gasteiger partial charge >= 0.3 is 6.18 Å². The molecule has 0 unspecified atom stereocenters. The Hall–Kier alpha value is -5.84. The quantitative estimate of drug-likeness (QED) is 0.275. The summed E-state index contributed by atoms with van der Waals surface area (Å²) in [7, 11) is 0. The monoisotopic (exact) mass is 538 g/mol. The van der Waals surface area contributed by atoms with Gasteiger partial charge in [0.15, 0.2) is 0 Å². The summed E-state index contributed by atoms with van der Waals surface area (Å²) in [6, 6.07) is 22.8. The average molecular weight is 538 g/mol. The highest BCUT2D eigenvalue weighted by atomic mass is 19.4. The minimum atomic E-state index is -4.65. The van der Waals surface area contributed by atoms with Crippen LogP contribution < -0.4 is 19.9 Å². The second-order valence-corrected chi connectivity index (χ2v) is 8.19. The molecule has 0 atom stereocenters. The first-order valence-corrected chi connectivity index (χ1v) is 11.4. The first-order chi connectivity index (χ1) is 19.2. The predicted molar refractivity (Wildman–Crippen MR) is 135 cm³/mol. The van der Waals surface area contributed by atoms with Crippen LogP contribution in [0.2, 0.25) is 0 Å². The van der Waals surface area contributed by atoms with Crippen molar-refractivity contribution in [2.75, 3.05) is 0 Å². The lowest BCUT2D eigenvalue weighted by Crippen LogP contribution is -2.13. The molecule has 40 heavy (non-hydrogen) atoms. The lowest BCUT2D eigenvalue weighted by molar-refractivity contribution is -0.137. The van der Waals surface area contributed by atoms with Crippen LogP contribution in [0.25, 0.3) is 21.9 Å². The van der Waals surface area contributed by atoms with Gasteiger partial charge in [-0.25, -0.2) is 4.39 Å². The van der Waals surface area contributed by atoms with E-state index in [2.05, 4.69) is 0 Å². The van der Waals surface area contributed by atoms with E-state index in [-0.39, 0.29) is 55.4 Å². The summed E-state index contributed by atoms with van der Waals surface area (Å²) in [6.45, 7) is -0.771. The van der Waals surface area contributed by atoms with Crippen molar-refractivity contribution in [3.63, 3.8) is 0 Å². The Morgan fingerprint density at radius 2 is 1.12 bits per heavy atom. The molecule has 4 aromatic carbocycles. The minimum absolute atomic E-state index is 0.00203. The van der Waals surface area contributed by atoms with Gasteiger partial charge in [-0.2, -0.15) is 34.2 Å². The number of nitriles is 4. The van der Waals surface area contributed by atoms with Crippen LogP contribution in [-0.2, 0) is 12.9 Å². The van der Waals surface area contributed by atoms with Gasteiger partial charge in [-0.15, -0.1) is 0 Å². The molecule has 4 rings (SSSR count). The van der Waals surface area contributed by atoms with Crippen LogP contribution >= 0.6 is 0 Å². The Labute approximate surface area is 224 Å². The summed E-state index contributed by atoms with van der Waals surface area (Å²) < 4.78 is 65.2. The number of rotatable bonds is 5. The Morgan fingerprint density at radius 3 is 1.57 bits per heavy atom. The largest absolute Gasteiger partial charge is 0.456 e. The first-order valence-electron chi connectivity index (χ1n) is 11.4. The van der Waals surface area contributed by atoms with Crippen molar-refractivity contribution < 1.29 is 27.0 Å². The summed E-state index contributed by atoms with van der Waals surface area (Å²) in [6.07, 6.45) is -4.65. The second-order valence-electron chi connectivity index (χ2n) is 8.19. The molecule has 0 aliphatic carbocycles. The fraction of sp³-hybridized carbons (Fsp3) is 0.0667. The Morgan fingerprint density at radius 1 is 0.650 bits per heavy atom. The van der Waals surface area contributed by atoms with E-state index in [1.54, 1.807) is 30.3 Å². The molecule has 4 aromatic rings. The molecule has 0 saturated carbocycles. The van der Waals surface area contributed by atoms with Crippen LogP contribution in [0.15, 0.2) is 72.8 Å². The van der Waals surface area contributed by atoms with Gasteiger partial charge in [0.25, 0.3) is 0 Å². The molecule has 0 bridgehead atoms. The van der Waals surface area contributed by atoms with E-state index >= 15 is 0 Å². The Balaban J connectivity index is 2.08.